The first kappa shape index (κ1) is 16.1. The van der Waals surface area contributed by atoms with Gasteiger partial charge in [-0.2, -0.15) is 0 Å². The molecular weight excluding hydrogens is 306 g/mol. The third kappa shape index (κ3) is 3.44. The van der Waals surface area contributed by atoms with Gasteiger partial charge < -0.3 is 15.6 Å². The van der Waals surface area contributed by atoms with Crippen molar-refractivity contribution < 1.29 is 14.6 Å². The van der Waals surface area contributed by atoms with Gasteiger partial charge >= 0.3 is 5.97 Å². The summed E-state index contributed by atoms with van der Waals surface area (Å²) >= 11 is 0. The highest BCUT2D eigenvalue weighted by Crippen LogP contribution is 2.21. The number of hydrogen-bond donors (Lipinski definition) is 2. The first-order valence-electron chi connectivity index (χ1n) is 7.89. The van der Waals surface area contributed by atoms with Crippen LogP contribution in [-0.4, -0.2) is 34.6 Å². The number of rotatable bonds is 4. The molecule has 0 saturated carbocycles. The van der Waals surface area contributed by atoms with E-state index in [0.717, 1.165) is 24.8 Å². The summed E-state index contributed by atoms with van der Waals surface area (Å²) in [4.78, 5) is 20.3. The Labute approximate surface area is 139 Å². The van der Waals surface area contributed by atoms with Crippen LogP contribution >= 0.6 is 0 Å². The number of hydrogen-bond acceptors (Lipinski definition) is 5. The molecule has 2 aromatic rings. The summed E-state index contributed by atoms with van der Waals surface area (Å²) in [6.07, 6.45) is 7.45. The zero-order valence-electron chi connectivity index (χ0n) is 13.2. The normalized spacial score (nSPS) is 19.0. The first-order chi connectivity index (χ1) is 11.7. The standard InChI is InChI=1S/C18H19N3O3/c19-8-6-15(21-17-3-1-2-10-24-17)12-4-5-16-14(11-12)13(18(22)23)7-9-20-16/h4-9,11,17H,1-3,10,19H2,(H,22,23)/b8-6-,21-15-. The molecular formula is C18H19N3O3. The van der Waals surface area contributed by atoms with Gasteiger partial charge in [-0.15, -0.1) is 0 Å². The highest BCUT2D eigenvalue weighted by Gasteiger charge is 2.15. The quantitative estimate of drug-likeness (QED) is 0.842. The van der Waals surface area contributed by atoms with E-state index in [2.05, 4.69) is 9.98 Å². The Morgan fingerprint density at radius 1 is 1.38 bits per heavy atom. The second kappa shape index (κ2) is 7.23. The van der Waals surface area contributed by atoms with Gasteiger partial charge in [-0.1, -0.05) is 6.07 Å². The second-order valence-corrected chi connectivity index (χ2v) is 5.59. The summed E-state index contributed by atoms with van der Waals surface area (Å²) in [6, 6.07) is 6.93. The van der Waals surface area contributed by atoms with E-state index < -0.39 is 5.97 Å². The Balaban J connectivity index is 2.06. The number of nitrogens with zero attached hydrogens (tertiary/aromatic N) is 2. The molecule has 6 heteroatoms. The van der Waals surface area contributed by atoms with Crippen LogP contribution in [0.5, 0.6) is 0 Å². The molecule has 24 heavy (non-hydrogen) atoms. The zero-order chi connectivity index (χ0) is 16.9. The number of aromatic carboxylic acids is 1. The summed E-state index contributed by atoms with van der Waals surface area (Å²) in [5, 5.41) is 9.94. The number of carboxylic acids is 1. The molecule has 6 nitrogen and oxygen atoms in total. The van der Waals surface area contributed by atoms with Crippen LogP contribution in [0, 0.1) is 0 Å². The Hall–Kier alpha value is -2.73. The van der Waals surface area contributed by atoms with Gasteiger partial charge in [0.1, 0.15) is 6.23 Å². The number of pyridine rings is 1. The minimum atomic E-state index is -0.983. The molecule has 2 heterocycles. The minimum Gasteiger partial charge on any atom is -0.478 e. The highest BCUT2D eigenvalue weighted by atomic mass is 16.5. The number of fused-ring (bicyclic) bond motifs is 1. The van der Waals surface area contributed by atoms with E-state index in [0.29, 0.717) is 23.2 Å². The van der Waals surface area contributed by atoms with Crippen LogP contribution in [0.25, 0.3) is 10.9 Å². The minimum absolute atomic E-state index is 0.187. The highest BCUT2D eigenvalue weighted by molar-refractivity contribution is 6.12. The number of nitrogens with two attached hydrogens (primary N) is 1. The number of aromatic nitrogens is 1. The monoisotopic (exact) mass is 325 g/mol. The molecule has 0 bridgehead atoms. The number of carbonyl (C=O) groups is 1. The smallest absolute Gasteiger partial charge is 0.336 e. The van der Waals surface area contributed by atoms with Crippen LogP contribution in [0.3, 0.4) is 0 Å². The van der Waals surface area contributed by atoms with Crippen LogP contribution in [0.1, 0.15) is 35.2 Å². The van der Waals surface area contributed by atoms with Gasteiger partial charge in [0.25, 0.3) is 0 Å². The van der Waals surface area contributed by atoms with Crippen molar-refractivity contribution in [3.63, 3.8) is 0 Å². The Morgan fingerprint density at radius 2 is 2.25 bits per heavy atom. The van der Waals surface area contributed by atoms with E-state index >= 15 is 0 Å². The maximum Gasteiger partial charge on any atom is 0.336 e. The summed E-state index contributed by atoms with van der Waals surface area (Å²) in [5.41, 5.74) is 7.86. The van der Waals surface area contributed by atoms with Gasteiger partial charge in [0.05, 0.1) is 16.8 Å². The van der Waals surface area contributed by atoms with E-state index in [-0.39, 0.29) is 11.8 Å². The lowest BCUT2D eigenvalue weighted by Gasteiger charge is -2.19. The summed E-state index contributed by atoms with van der Waals surface area (Å²) in [5.74, 6) is -0.983. The van der Waals surface area contributed by atoms with Gasteiger partial charge in [0.2, 0.25) is 0 Å². The number of carboxylic acid groups (broad SMARTS) is 1. The zero-order valence-corrected chi connectivity index (χ0v) is 13.2. The Morgan fingerprint density at radius 3 is 2.96 bits per heavy atom. The molecule has 0 amide bonds. The summed E-state index contributed by atoms with van der Waals surface area (Å²) in [6.45, 7) is 0.707. The van der Waals surface area contributed by atoms with Crippen LogP contribution in [0.15, 0.2) is 47.7 Å². The van der Waals surface area contributed by atoms with Crippen LogP contribution in [0.2, 0.25) is 0 Å². The summed E-state index contributed by atoms with van der Waals surface area (Å²) in [7, 11) is 0. The van der Waals surface area contributed by atoms with E-state index in [1.54, 1.807) is 18.2 Å². The van der Waals surface area contributed by atoms with E-state index in [1.807, 2.05) is 6.07 Å². The van der Waals surface area contributed by atoms with Crippen molar-refractivity contribution >= 4 is 22.6 Å². The van der Waals surface area contributed by atoms with Crippen molar-refractivity contribution in [1.82, 2.24) is 4.98 Å². The maximum atomic E-state index is 11.4. The molecule has 0 radical (unpaired) electrons. The van der Waals surface area contributed by atoms with Crippen molar-refractivity contribution in [3.05, 3.63) is 53.9 Å². The first-order valence-corrected chi connectivity index (χ1v) is 7.89. The number of allylic oxidation sites excluding steroid dienone is 1. The Kier molecular flexibility index (Phi) is 4.86. The van der Waals surface area contributed by atoms with Crippen LogP contribution in [-0.2, 0) is 4.74 Å². The van der Waals surface area contributed by atoms with Gasteiger partial charge in [0, 0.05) is 23.8 Å². The third-order valence-corrected chi connectivity index (χ3v) is 3.96. The molecule has 1 fully saturated rings. The van der Waals surface area contributed by atoms with Gasteiger partial charge in [-0.3, -0.25) is 9.98 Å². The Bertz CT molecular complexity index is 808. The van der Waals surface area contributed by atoms with Crippen LogP contribution in [0.4, 0.5) is 0 Å². The molecule has 1 aromatic heterocycles. The van der Waals surface area contributed by atoms with Crippen molar-refractivity contribution in [2.45, 2.75) is 25.5 Å². The predicted molar refractivity (Wildman–Crippen MR) is 92.2 cm³/mol. The van der Waals surface area contributed by atoms with Crippen molar-refractivity contribution in [2.75, 3.05) is 6.61 Å². The maximum absolute atomic E-state index is 11.4. The fourth-order valence-corrected chi connectivity index (χ4v) is 2.78. The molecule has 1 aliphatic heterocycles. The van der Waals surface area contributed by atoms with Crippen LogP contribution < -0.4 is 5.73 Å². The van der Waals surface area contributed by atoms with E-state index in [9.17, 15) is 9.90 Å². The number of benzene rings is 1. The van der Waals surface area contributed by atoms with Gasteiger partial charge in [0.15, 0.2) is 0 Å². The SMILES string of the molecule is N/C=C\C(=N\C1CCCCO1)c1ccc2nccc(C(=O)O)c2c1. The molecule has 1 saturated heterocycles. The number of aliphatic imine (C=N–C) groups is 1. The van der Waals surface area contributed by atoms with E-state index in [4.69, 9.17) is 10.5 Å². The molecule has 1 unspecified atom stereocenters. The molecule has 0 aliphatic carbocycles. The lowest BCUT2D eigenvalue weighted by Crippen LogP contribution is -2.18. The molecule has 3 N–H and O–H groups in total. The van der Waals surface area contributed by atoms with Crippen molar-refractivity contribution in [2.24, 2.45) is 10.7 Å². The largest absolute Gasteiger partial charge is 0.478 e. The van der Waals surface area contributed by atoms with Crippen molar-refractivity contribution in [1.29, 1.82) is 0 Å². The molecule has 0 spiro atoms. The van der Waals surface area contributed by atoms with Gasteiger partial charge in [-0.05, 0) is 49.7 Å². The topological polar surface area (TPSA) is 97.8 Å². The van der Waals surface area contributed by atoms with E-state index in [1.165, 1.54) is 18.5 Å². The average Bonchev–Trinajstić information content (AvgIpc) is 2.61. The molecule has 124 valence electrons. The fraction of sp³-hybridized carbons (Fsp3) is 0.278. The third-order valence-electron chi connectivity index (χ3n) is 3.96. The average molecular weight is 325 g/mol. The van der Waals surface area contributed by atoms with Crippen molar-refractivity contribution in [3.8, 4) is 0 Å². The second-order valence-electron chi connectivity index (χ2n) is 5.59. The molecule has 3 rings (SSSR count). The lowest BCUT2D eigenvalue weighted by molar-refractivity contribution is 0.0224. The predicted octanol–water partition coefficient (Wildman–Crippen LogP) is 2.72. The van der Waals surface area contributed by atoms with Gasteiger partial charge in [-0.25, -0.2) is 4.79 Å². The number of ether oxygens (including phenoxy) is 1. The molecule has 1 aromatic carbocycles. The fourth-order valence-electron chi connectivity index (χ4n) is 2.78. The summed E-state index contributed by atoms with van der Waals surface area (Å²) < 4.78 is 5.66. The molecule has 1 aliphatic rings. The lowest BCUT2D eigenvalue weighted by atomic mass is 10.0. The molecule has 1 atom stereocenters.